The van der Waals surface area contributed by atoms with Crippen LogP contribution in [0.15, 0.2) is 24.3 Å². The minimum absolute atomic E-state index is 0.567. The lowest BCUT2D eigenvalue weighted by molar-refractivity contribution is 0.354. The van der Waals surface area contributed by atoms with Gasteiger partial charge in [-0.2, -0.15) is 0 Å². The molecule has 0 aromatic heterocycles. The van der Waals surface area contributed by atoms with E-state index in [1.807, 2.05) is 0 Å². The summed E-state index contributed by atoms with van der Waals surface area (Å²) in [5.74, 6) is 1.79. The molecule has 0 saturated heterocycles. The van der Waals surface area contributed by atoms with E-state index in [1.165, 1.54) is 56.1 Å². The largest absolute Gasteiger partial charge is 0.310 e. The lowest BCUT2D eigenvalue weighted by Crippen LogP contribution is -2.28. The summed E-state index contributed by atoms with van der Waals surface area (Å²) in [4.78, 5) is 0. The molecule has 1 heteroatoms. The van der Waals surface area contributed by atoms with Crippen molar-refractivity contribution >= 4 is 0 Å². The second kappa shape index (κ2) is 8.58. The van der Waals surface area contributed by atoms with Crippen molar-refractivity contribution in [2.45, 2.75) is 71.8 Å². The molecule has 1 nitrogen and oxygen atoms in total. The SMILES string of the molecule is CCCNC(c1ccc(CCC)cc1)C1CCC(CC)C1. The van der Waals surface area contributed by atoms with Crippen LogP contribution >= 0.6 is 0 Å². The van der Waals surface area contributed by atoms with Crippen molar-refractivity contribution in [1.82, 2.24) is 5.32 Å². The zero-order chi connectivity index (χ0) is 15.1. The Hall–Kier alpha value is -0.820. The standard InChI is InChI=1S/C20H33N/c1-4-7-17-9-11-18(12-10-17)20(21-14-5-2)19-13-8-16(6-3)15-19/h9-12,16,19-21H,4-8,13-15H2,1-3H3. The second-order valence-corrected chi connectivity index (χ2v) is 6.77. The van der Waals surface area contributed by atoms with Gasteiger partial charge in [-0.05, 0) is 55.2 Å². The summed E-state index contributed by atoms with van der Waals surface area (Å²) in [6, 6.07) is 9.99. The molecule has 1 aliphatic rings. The van der Waals surface area contributed by atoms with Crippen molar-refractivity contribution in [3.05, 3.63) is 35.4 Å². The predicted octanol–water partition coefficient (Wildman–Crippen LogP) is 5.51. The number of benzene rings is 1. The number of hydrogen-bond acceptors (Lipinski definition) is 1. The van der Waals surface area contributed by atoms with E-state index in [1.54, 1.807) is 0 Å². The Bertz CT molecular complexity index is 395. The third-order valence-corrected chi connectivity index (χ3v) is 5.12. The molecule has 1 N–H and O–H groups in total. The normalized spacial score (nSPS) is 23.4. The minimum Gasteiger partial charge on any atom is -0.310 e. The fourth-order valence-electron chi connectivity index (χ4n) is 3.82. The van der Waals surface area contributed by atoms with Gasteiger partial charge in [0.25, 0.3) is 0 Å². The van der Waals surface area contributed by atoms with Gasteiger partial charge in [-0.25, -0.2) is 0 Å². The Morgan fingerprint density at radius 3 is 2.38 bits per heavy atom. The van der Waals surface area contributed by atoms with Gasteiger partial charge >= 0.3 is 0 Å². The van der Waals surface area contributed by atoms with E-state index in [4.69, 9.17) is 0 Å². The van der Waals surface area contributed by atoms with E-state index in [9.17, 15) is 0 Å². The van der Waals surface area contributed by atoms with Crippen LogP contribution in [0.25, 0.3) is 0 Å². The van der Waals surface area contributed by atoms with Gasteiger partial charge in [0.05, 0.1) is 0 Å². The molecule has 0 bridgehead atoms. The molecule has 3 unspecified atom stereocenters. The maximum Gasteiger partial charge on any atom is 0.0348 e. The van der Waals surface area contributed by atoms with Gasteiger partial charge in [-0.3, -0.25) is 0 Å². The summed E-state index contributed by atoms with van der Waals surface area (Å²) < 4.78 is 0. The first kappa shape index (κ1) is 16.5. The van der Waals surface area contributed by atoms with Crippen LogP contribution in [0.1, 0.15) is 76.5 Å². The number of hydrogen-bond donors (Lipinski definition) is 1. The maximum atomic E-state index is 3.82. The molecule has 0 amide bonds. The first-order valence-corrected chi connectivity index (χ1v) is 9.10. The molecule has 0 spiro atoms. The maximum absolute atomic E-state index is 3.82. The van der Waals surface area contributed by atoms with Gasteiger partial charge in [-0.1, -0.05) is 64.3 Å². The molecule has 1 saturated carbocycles. The molecule has 0 heterocycles. The van der Waals surface area contributed by atoms with E-state index < -0.39 is 0 Å². The summed E-state index contributed by atoms with van der Waals surface area (Å²) in [6.07, 6.45) is 9.25. The zero-order valence-corrected chi connectivity index (χ0v) is 14.2. The molecule has 1 aromatic rings. The molecule has 1 aromatic carbocycles. The highest BCUT2D eigenvalue weighted by molar-refractivity contribution is 5.26. The van der Waals surface area contributed by atoms with Crippen LogP contribution in [0.2, 0.25) is 0 Å². The topological polar surface area (TPSA) is 12.0 Å². The molecule has 3 atom stereocenters. The first-order valence-electron chi connectivity index (χ1n) is 9.10. The van der Waals surface area contributed by atoms with Crippen LogP contribution in [0.4, 0.5) is 0 Å². The highest BCUT2D eigenvalue weighted by atomic mass is 14.9. The van der Waals surface area contributed by atoms with Crippen molar-refractivity contribution in [2.75, 3.05) is 6.54 Å². The molecule has 1 fully saturated rings. The number of rotatable bonds is 8. The highest BCUT2D eigenvalue weighted by Gasteiger charge is 2.30. The van der Waals surface area contributed by atoms with Crippen LogP contribution in [-0.4, -0.2) is 6.54 Å². The molecule has 118 valence electrons. The molecule has 21 heavy (non-hydrogen) atoms. The third kappa shape index (κ3) is 4.57. The van der Waals surface area contributed by atoms with Gasteiger partial charge in [-0.15, -0.1) is 0 Å². The molecule has 0 aliphatic heterocycles. The van der Waals surface area contributed by atoms with E-state index in [0.29, 0.717) is 6.04 Å². The van der Waals surface area contributed by atoms with E-state index in [-0.39, 0.29) is 0 Å². The monoisotopic (exact) mass is 287 g/mol. The quantitative estimate of drug-likeness (QED) is 0.665. The number of aryl methyl sites for hydroxylation is 1. The summed E-state index contributed by atoms with van der Waals surface area (Å²) >= 11 is 0. The van der Waals surface area contributed by atoms with Gasteiger partial charge in [0.15, 0.2) is 0 Å². The van der Waals surface area contributed by atoms with Crippen molar-refractivity contribution in [1.29, 1.82) is 0 Å². The summed E-state index contributed by atoms with van der Waals surface area (Å²) in [5.41, 5.74) is 2.98. The summed E-state index contributed by atoms with van der Waals surface area (Å²) in [6.45, 7) is 8.00. The van der Waals surface area contributed by atoms with Crippen LogP contribution < -0.4 is 5.32 Å². The first-order chi connectivity index (χ1) is 10.3. The second-order valence-electron chi connectivity index (χ2n) is 6.77. The predicted molar refractivity (Wildman–Crippen MR) is 92.6 cm³/mol. The van der Waals surface area contributed by atoms with Crippen molar-refractivity contribution < 1.29 is 0 Å². The average Bonchev–Trinajstić information content (AvgIpc) is 2.98. The fourth-order valence-corrected chi connectivity index (χ4v) is 3.82. The van der Waals surface area contributed by atoms with Gasteiger partial charge in [0.1, 0.15) is 0 Å². The highest BCUT2D eigenvalue weighted by Crippen LogP contribution is 2.40. The van der Waals surface area contributed by atoms with E-state index in [0.717, 1.165) is 18.4 Å². The van der Waals surface area contributed by atoms with Crippen molar-refractivity contribution in [3.8, 4) is 0 Å². The van der Waals surface area contributed by atoms with Gasteiger partial charge < -0.3 is 5.32 Å². The average molecular weight is 287 g/mol. The van der Waals surface area contributed by atoms with Crippen LogP contribution in [0, 0.1) is 11.8 Å². The Labute approximate surface area is 131 Å². The Morgan fingerprint density at radius 1 is 1.05 bits per heavy atom. The summed E-state index contributed by atoms with van der Waals surface area (Å²) in [5, 5.41) is 3.82. The van der Waals surface area contributed by atoms with Crippen molar-refractivity contribution in [2.24, 2.45) is 11.8 Å². The van der Waals surface area contributed by atoms with E-state index >= 15 is 0 Å². The Kier molecular flexibility index (Phi) is 6.76. The molecular formula is C20H33N. The Balaban J connectivity index is 2.07. The van der Waals surface area contributed by atoms with E-state index in [2.05, 4.69) is 50.4 Å². The lowest BCUT2D eigenvalue weighted by atomic mass is 9.89. The Morgan fingerprint density at radius 2 is 1.81 bits per heavy atom. The van der Waals surface area contributed by atoms with Crippen molar-refractivity contribution in [3.63, 3.8) is 0 Å². The molecular weight excluding hydrogens is 254 g/mol. The van der Waals surface area contributed by atoms with Gasteiger partial charge in [0, 0.05) is 6.04 Å². The smallest absolute Gasteiger partial charge is 0.0348 e. The van der Waals surface area contributed by atoms with Crippen LogP contribution in [-0.2, 0) is 6.42 Å². The fraction of sp³-hybridized carbons (Fsp3) is 0.700. The molecule has 2 rings (SSSR count). The minimum atomic E-state index is 0.567. The molecule has 1 aliphatic carbocycles. The van der Waals surface area contributed by atoms with Gasteiger partial charge in [0.2, 0.25) is 0 Å². The lowest BCUT2D eigenvalue weighted by Gasteiger charge is -2.26. The van der Waals surface area contributed by atoms with Crippen LogP contribution in [0.5, 0.6) is 0 Å². The zero-order valence-electron chi connectivity index (χ0n) is 14.2. The number of nitrogens with one attached hydrogen (secondary N) is 1. The molecule has 0 radical (unpaired) electrons. The third-order valence-electron chi connectivity index (χ3n) is 5.12. The van der Waals surface area contributed by atoms with Crippen LogP contribution in [0.3, 0.4) is 0 Å². The summed E-state index contributed by atoms with van der Waals surface area (Å²) in [7, 11) is 0.